The Bertz CT molecular complexity index is 682. The van der Waals surface area contributed by atoms with Gasteiger partial charge in [-0.2, -0.15) is 0 Å². The van der Waals surface area contributed by atoms with Gasteiger partial charge in [0.05, 0.1) is 17.9 Å². The molecule has 6 nitrogen and oxygen atoms in total. The molecule has 0 unspecified atom stereocenters. The van der Waals surface area contributed by atoms with Crippen molar-refractivity contribution in [3.8, 4) is 5.75 Å². The fraction of sp³-hybridized carbons (Fsp3) is 0.462. The van der Waals surface area contributed by atoms with Crippen LogP contribution in [0.1, 0.15) is 28.8 Å². The van der Waals surface area contributed by atoms with Gasteiger partial charge in [-0.3, -0.25) is 0 Å². The monoisotopic (exact) mass is 335 g/mol. The van der Waals surface area contributed by atoms with Crippen LogP contribution in [0.4, 0.5) is 8.78 Å². The molecule has 2 N–H and O–H groups in total. The van der Waals surface area contributed by atoms with Gasteiger partial charge in [-0.1, -0.05) is 6.07 Å². The van der Waals surface area contributed by atoms with E-state index in [0.717, 1.165) is 0 Å². The summed E-state index contributed by atoms with van der Waals surface area (Å²) >= 11 is 0. The number of methoxy groups -OCH3 is 1. The number of hydrogen-bond acceptors (Lipinski definition) is 4. The molecule has 0 atom stereocenters. The van der Waals surface area contributed by atoms with Gasteiger partial charge in [0.15, 0.2) is 0 Å². The molecule has 9 heteroatoms. The predicted octanol–water partition coefficient (Wildman–Crippen LogP) is 1.61. The normalized spacial score (nSPS) is 17.8. The van der Waals surface area contributed by atoms with Crippen molar-refractivity contribution in [3.63, 3.8) is 0 Å². The first-order valence-corrected chi connectivity index (χ1v) is 7.96. The van der Waals surface area contributed by atoms with Crippen LogP contribution in [0, 0.1) is 0 Å². The molecule has 0 spiro atoms. The van der Waals surface area contributed by atoms with Crippen molar-refractivity contribution >= 4 is 16.0 Å². The van der Waals surface area contributed by atoms with Gasteiger partial charge in [0, 0.05) is 24.9 Å². The maximum atomic E-state index is 12.8. The fourth-order valence-corrected chi connectivity index (χ4v) is 3.66. The third-order valence-electron chi connectivity index (χ3n) is 3.49. The lowest BCUT2D eigenvalue weighted by Crippen LogP contribution is -2.48. The van der Waals surface area contributed by atoms with E-state index in [0.29, 0.717) is 5.56 Å². The Hall–Kier alpha value is -1.74. The van der Waals surface area contributed by atoms with E-state index in [1.165, 1.54) is 25.3 Å². The molecule has 122 valence electrons. The van der Waals surface area contributed by atoms with Gasteiger partial charge in [0.1, 0.15) is 5.75 Å². The quantitative estimate of drug-likeness (QED) is 0.824. The second kappa shape index (κ2) is 5.81. The zero-order valence-corrected chi connectivity index (χ0v) is 12.5. The summed E-state index contributed by atoms with van der Waals surface area (Å²) < 4.78 is 56.5. The number of halogens is 2. The van der Waals surface area contributed by atoms with E-state index >= 15 is 0 Å². The first-order chi connectivity index (χ1) is 10.1. The second-order valence-corrected chi connectivity index (χ2v) is 7.13. The molecule has 1 saturated carbocycles. The highest BCUT2D eigenvalue weighted by molar-refractivity contribution is 7.90. The smallest absolute Gasteiger partial charge is 0.335 e. The zero-order chi connectivity index (χ0) is 16.5. The van der Waals surface area contributed by atoms with Crippen molar-refractivity contribution in [2.24, 2.45) is 0 Å². The van der Waals surface area contributed by atoms with Gasteiger partial charge < -0.3 is 9.84 Å². The Labute approximate surface area is 126 Å². The number of hydrogen-bond donors (Lipinski definition) is 2. The number of alkyl halides is 2. The first kappa shape index (κ1) is 16.6. The van der Waals surface area contributed by atoms with Gasteiger partial charge in [0.2, 0.25) is 10.0 Å². The van der Waals surface area contributed by atoms with Crippen molar-refractivity contribution in [3.05, 3.63) is 29.3 Å². The van der Waals surface area contributed by atoms with Crippen LogP contribution in [0.3, 0.4) is 0 Å². The molecule has 0 bridgehead atoms. The highest BCUT2D eigenvalue weighted by atomic mass is 32.2. The molecule has 2 rings (SSSR count). The maximum Gasteiger partial charge on any atom is 0.335 e. The van der Waals surface area contributed by atoms with Crippen LogP contribution in [0.25, 0.3) is 0 Å². The highest BCUT2D eigenvalue weighted by Gasteiger charge is 2.51. The van der Waals surface area contributed by atoms with E-state index in [4.69, 9.17) is 9.84 Å². The predicted molar refractivity (Wildman–Crippen MR) is 73.7 cm³/mol. The van der Waals surface area contributed by atoms with Crippen molar-refractivity contribution in [1.29, 1.82) is 0 Å². The van der Waals surface area contributed by atoms with Gasteiger partial charge in [0.25, 0.3) is 5.92 Å². The number of nitrogens with one attached hydrogen (secondary N) is 1. The van der Waals surface area contributed by atoms with Crippen LogP contribution in [-0.2, 0) is 16.6 Å². The molecular formula is C13H15F2NO5S. The molecule has 0 radical (unpaired) electrons. The fourth-order valence-electron chi connectivity index (χ4n) is 2.15. The molecule has 0 amide bonds. The average molecular weight is 335 g/mol. The van der Waals surface area contributed by atoms with E-state index in [-0.39, 0.29) is 17.9 Å². The Balaban J connectivity index is 2.07. The van der Waals surface area contributed by atoms with E-state index in [1.54, 1.807) is 0 Å². The van der Waals surface area contributed by atoms with Crippen LogP contribution in [0.5, 0.6) is 5.75 Å². The summed E-state index contributed by atoms with van der Waals surface area (Å²) in [5, 5.41) is 7.77. The third-order valence-corrected chi connectivity index (χ3v) is 5.25. The molecule has 1 aromatic rings. The molecule has 0 saturated heterocycles. The van der Waals surface area contributed by atoms with Crippen LogP contribution in [-0.4, -0.2) is 37.8 Å². The van der Waals surface area contributed by atoms with E-state index in [9.17, 15) is 22.0 Å². The van der Waals surface area contributed by atoms with Crippen molar-refractivity contribution in [2.45, 2.75) is 30.6 Å². The molecule has 0 heterocycles. The Morgan fingerprint density at radius 3 is 2.59 bits per heavy atom. The van der Waals surface area contributed by atoms with Crippen molar-refractivity contribution in [2.75, 3.05) is 7.11 Å². The SMILES string of the molecule is COc1cc(C(=O)O)ccc1CNS(=O)(=O)C1CC(F)(F)C1. The van der Waals surface area contributed by atoms with Crippen molar-refractivity contribution in [1.82, 2.24) is 4.72 Å². The summed E-state index contributed by atoms with van der Waals surface area (Å²) in [6.07, 6.45) is -1.37. The maximum absolute atomic E-state index is 12.8. The Morgan fingerprint density at radius 1 is 1.45 bits per heavy atom. The molecule has 0 aliphatic heterocycles. The molecular weight excluding hydrogens is 320 g/mol. The summed E-state index contributed by atoms with van der Waals surface area (Å²) in [4.78, 5) is 10.9. The second-order valence-electron chi connectivity index (χ2n) is 5.08. The number of carboxylic acids is 1. The molecule has 1 aliphatic rings. The van der Waals surface area contributed by atoms with Crippen LogP contribution < -0.4 is 9.46 Å². The standard InChI is InChI=1S/C13H15F2NO5S/c1-21-11-4-8(12(17)18)2-3-9(11)7-16-22(19,20)10-5-13(14,15)6-10/h2-4,10,16H,5-7H2,1H3,(H,17,18). The number of sulfonamides is 1. The van der Waals surface area contributed by atoms with Gasteiger partial charge in [-0.15, -0.1) is 0 Å². The minimum absolute atomic E-state index is 0.00194. The number of carbonyl (C=O) groups is 1. The largest absolute Gasteiger partial charge is 0.496 e. The van der Waals surface area contributed by atoms with Gasteiger partial charge in [-0.05, 0) is 12.1 Å². The van der Waals surface area contributed by atoms with Crippen LogP contribution in [0.2, 0.25) is 0 Å². The molecule has 1 fully saturated rings. The molecule has 1 aromatic carbocycles. The summed E-state index contributed by atoms with van der Waals surface area (Å²) in [6.45, 7) is -0.159. The first-order valence-electron chi connectivity index (χ1n) is 6.41. The van der Waals surface area contributed by atoms with Crippen molar-refractivity contribution < 1.29 is 31.8 Å². The number of aromatic carboxylic acids is 1. The molecule has 22 heavy (non-hydrogen) atoms. The minimum Gasteiger partial charge on any atom is -0.496 e. The number of ether oxygens (including phenoxy) is 1. The number of rotatable bonds is 6. The Morgan fingerprint density at radius 2 is 2.09 bits per heavy atom. The van der Waals surface area contributed by atoms with Gasteiger partial charge >= 0.3 is 5.97 Å². The molecule has 0 aromatic heterocycles. The molecule has 1 aliphatic carbocycles. The summed E-state index contributed by atoms with van der Waals surface area (Å²) in [5.41, 5.74) is 0.421. The lowest BCUT2D eigenvalue weighted by atomic mass is 9.94. The number of benzene rings is 1. The Kier molecular flexibility index (Phi) is 4.39. The summed E-state index contributed by atoms with van der Waals surface area (Å²) in [5.74, 6) is -3.84. The van der Waals surface area contributed by atoms with E-state index in [1.807, 2.05) is 0 Å². The summed E-state index contributed by atoms with van der Waals surface area (Å²) in [7, 11) is -2.52. The highest BCUT2D eigenvalue weighted by Crippen LogP contribution is 2.41. The summed E-state index contributed by atoms with van der Waals surface area (Å²) in [6, 6.07) is 4.00. The van der Waals surface area contributed by atoms with Crippen LogP contribution in [0.15, 0.2) is 18.2 Å². The van der Waals surface area contributed by atoms with Gasteiger partial charge in [-0.25, -0.2) is 26.7 Å². The van der Waals surface area contributed by atoms with E-state index < -0.39 is 40.0 Å². The average Bonchev–Trinajstić information content (AvgIpc) is 2.42. The number of carboxylic acid groups (broad SMARTS) is 1. The topological polar surface area (TPSA) is 92.7 Å². The lowest BCUT2D eigenvalue weighted by molar-refractivity contribution is -0.0688. The third kappa shape index (κ3) is 3.53. The van der Waals surface area contributed by atoms with E-state index in [2.05, 4.69) is 4.72 Å². The zero-order valence-electron chi connectivity index (χ0n) is 11.7. The van der Waals surface area contributed by atoms with Crippen LogP contribution >= 0.6 is 0 Å². The lowest BCUT2D eigenvalue weighted by Gasteiger charge is -2.34. The minimum atomic E-state index is -3.85.